The van der Waals surface area contributed by atoms with Crippen LogP contribution in [-0.2, 0) is 25.7 Å². The van der Waals surface area contributed by atoms with E-state index >= 15 is 0 Å². The largest absolute Gasteiger partial charge is 0.481 e. The van der Waals surface area contributed by atoms with Gasteiger partial charge in [-0.05, 0) is 43.4 Å². The summed E-state index contributed by atoms with van der Waals surface area (Å²) in [5.74, 6) is -3.14. The highest BCUT2D eigenvalue weighted by Crippen LogP contribution is 2.15. The lowest BCUT2D eigenvalue weighted by molar-refractivity contribution is -0.141. The Balaban J connectivity index is 2.28. The minimum Gasteiger partial charge on any atom is -0.481 e. The summed E-state index contributed by atoms with van der Waals surface area (Å²) in [6, 6.07) is 6.96. The number of unbranched alkanes of at least 4 members (excludes halogenated alkanes) is 13. The van der Waals surface area contributed by atoms with Gasteiger partial charge < -0.3 is 25.5 Å². The summed E-state index contributed by atoms with van der Waals surface area (Å²) in [4.78, 5) is 59.6. The summed E-state index contributed by atoms with van der Waals surface area (Å²) in [6.07, 6.45) is 16.7. The molecular formula is C35H56N2O8. The maximum Gasteiger partial charge on any atom is 0.306 e. The number of nitrogens with zero attached hydrogens (tertiary/aromatic N) is 1. The molecule has 1 aromatic rings. The van der Waals surface area contributed by atoms with Gasteiger partial charge >= 0.3 is 17.9 Å². The van der Waals surface area contributed by atoms with E-state index in [9.17, 15) is 24.0 Å². The van der Waals surface area contributed by atoms with E-state index in [0.717, 1.165) is 50.5 Å². The highest BCUT2D eigenvalue weighted by molar-refractivity contribution is 5.94. The van der Waals surface area contributed by atoms with Gasteiger partial charge in [0.1, 0.15) is 0 Å². The van der Waals surface area contributed by atoms with E-state index in [4.69, 9.17) is 15.3 Å². The van der Waals surface area contributed by atoms with Crippen LogP contribution in [0.2, 0.25) is 0 Å². The van der Waals surface area contributed by atoms with Gasteiger partial charge in [-0.15, -0.1) is 0 Å². The van der Waals surface area contributed by atoms with Crippen molar-refractivity contribution >= 4 is 29.7 Å². The number of hydrogen-bond acceptors (Lipinski definition) is 5. The second kappa shape index (κ2) is 24.8. The molecule has 10 nitrogen and oxygen atoms in total. The molecule has 0 aliphatic heterocycles. The smallest absolute Gasteiger partial charge is 0.306 e. The van der Waals surface area contributed by atoms with Crippen molar-refractivity contribution in [3.63, 3.8) is 0 Å². The van der Waals surface area contributed by atoms with Crippen LogP contribution < -0.4 is 5.32 Å². The number of carboxylic acid groups (broad SMARTS) is 3. The minimum atomic E-state index is -0.951. The third-order valence-corrected chi connectivity index (χ3v) is 8.09. The monoisotopic (exact) mass is 632 g/mol. The predicted molar refractivity (Wildman–Crippen MR) is 174 cm³/mol. The number of aliphatic carboxylic acids is 3. The Labute approximate surface area is 269 Å². The minimum absolute atomic E-state index is 0.0572. The molecule has 1 rings (SSSR count). The highest BCUT2D eigenvalue weighted by Gasteiger charge is 2.16. The number of carbonyl (C=O) groups excluding carboxylic acids is 2. The molecule has 10 heteroatoms. The predicted octanol–water partition coefficient (Wildman–Crippen LogP) is 7.05. The lowest BCUT2D eigenvalue weighted by atomic mass is 10.0. The Morgan fingerprint density at radius 3 is 1.62 bits per heavy atom. The first kappa shape index (κ1) is 39.6. The Bertz CT molecular complexity index is 1010. The molecule has 254 valence electrons. The van der Waals surface area contributed by atoms with Crippen LogP contribution in [0.4, 0.5) is 0 Å². The second-order valence-corrected chi connectivity index (χ2v) is 12.1. The topological polar surface area (TPSA) is 161 Å². The van der Waals surface area contributed by atoms with Crippen molar-refractivity contribution < 1.29 is 39.3 Å². The SMILES string of the molecule is C[C@@H](CCCCNC(=O)c1ccc(CN(CCC(=O)O)C(=O)CCCCCCCCCCCCCCCC(=O)O)cc1)C(=O)O. The van der Waals surface area contributed by atoms with Gasteiger partial charge in [0.25, 0.3) is 5.91 Å². The normalized spacial score (nSPS) is 11.6. The first-order chi connectivity index (χ1) is 21.6. The van der Waals surface area contributed by atoms with Gasteiger partial charge in [0, 0.05) is 38.0 Å². The van der Waals surface area contributed by atoms with E-state index in [0.29, 0.717) is 37.8 Å². The van der Waals surface area contributed by atoms with Gasteiger partial charge in [-0.25, -0.2) is 0 Å². The first-order valence-electron chi connectivity index (χ1n) is 16.9. The van der Waals surface area contributed by atoms with Crippen molar-refractivity contribution in [3.05, 3.63) is 35.4 Å². The molecule has 0 saturated carbocycles. The quantitative estimate of drug-likeness (QED) is 0.0715. The van der Waals surface area contributed by atoms with Crippen LogP contribution >= 0.6 is 0 Å². The van der Waals surface area contributed by atoms with Crippen molar-refractivity contribution in [1.29, 1.82) is 0 Å². The van der Waals surface area contributed by atoms with Gasteiger partial charge in [-0.2, -0.15) is 0 Å². The third-order valence-electron chi connectivity index (χ3n) is 8.09. The van der Waals surface area contributed by atoms with Crippen LogP contribution in [0.15, 0.2) is 24.3 Å². The van der Waals surface area contributed by atoms with Gasteiger partial charge in [0.15, 0.2) is 0 Å². The van der Waals surface area contributed by atoms with E-state index in [1.54, 1.807) is 36.1 Å². The molecule has 4 N–H and O–H groups in total. The molecule has 0 fully saturated rings. The Kier molecular flexibility index (Phi) is 21.9. The van der Waals surface area contributed by atoms with Crippen molar-refractivity contribution in [2.75, 3.05) is 13.1 Å². The molecule has 0 aromatic heterocycles. The highest BCUT2D eigenvalue weighted by atomic mass is 16.4. The molecule has 0 unspecified atom stereocenters. The first-order valence-corrected chi connectivity index (χ1v) is 16.9. The van der Waals surface area contributed by atoms with Crippen LogP contribution in [-0.4, -0.2) is 63.0 Å². The fraction of sp³-hybridized carbons (Fsp3) is 0.686. The maximum atomic E-state index is 12.9. The Morgan fingerprint density at radius 2 is 1.13 bits per heavy atom. The average Bonchev–Trinajstić information content (AvgIpc) is 3.00. The van der Waals surface area contributed by atoms with Crippen LogP contribution in [0, 0.1) is 5.92 Å². The van der Waals surface area contributed by atoms with Crippen molar-refractivity contribution in [2.45, 2.75) is 135 Å². The number of rotatable bonds is 28. The molecule has 0 aliphatic rings. The zero-order valence-corrected chi connectivity index (χ0v) is 27.3. The van der Waals surface area contributed by atoms with Gasteiger partial charge in [0.05, 0.1) is 12.3 Å². The summed E-state index contributed by atoms with van der Waals surface area (Å²) in [5, 5.41) is 29.6. The molecular weight excluding hydrogens is 576 g/mol. The standard InChI is InChI=1S/C35H56N2O8/c1-28(35(44)45)17-15-16-25-36-34(43)30-22-20-29(21-23-30)27-37(26-24-33(41)42)31(38)18-13-11-9-7-5-3-2-4-6-8-10-12-14-19-32(39)40/h20-23,28H,2-19,24-27H2,1H3,(H,36,43)(H,39,40)(H,41,42)(H,44,45)/t28-/m0/s1. The van der Waals surface area contributed by atoms with E-state index in [1.165, 1.54) is 38.5 Å². The van der Waals surface area contributed by atoms with Gasteiger partial charge in [0.2, 0.25) is 5.91 Å². The molecule has 0 radical (unpaired) electrons. The molecule has 1 atom stereocenters. The zero-order chi connectivity index (χ0) is 33.3. The Hall–Kier alpha value is -3.43. The molecule has 1 aromatic carbocycles. The summed E-state index contributed by atoms with van der Waals surface area (Å²) in [7, 11) is 0. The summed E-state index contributed by atoms with van der Waals surface area (Å²) >= 11 is 0. The summed E-state index contributed by atoms with van der Waals surface area (Å²) < 4.78 is 0. The van der Waals surface area contributed by atoms with Crippen LogP contribution in [0.5, 0.6) is 0 Å². The fourth-order valence-corrected chi connectivity index (χ4v) is 5.16. The average molecular weight is 633 g/mol. The number of carboxylic acids is 3. The lowest BCUT2D eigenvalue weighted by Crippen LogP contribution is -2.32. The molecule has 2 amide bonds. The molecule has 0 heterocycles. The molecule has 0 saturated heterocycles. The van der Waals surface area contributed by atoms with E-state index < -0.39 is 23.8 Å². The number of carbonyl (C=O) groups is 5. The van der Waals surface area contributed by atoms with Crippen molar-refractivity contribution in [2.24, 2.45) is 5.92 Å². The summed E-state index contributed by atoms with van der Waals surface area (Å²) in [6.45, 7) is 2.56. The van der Waals surface area contributed by atoms with E-state index in [2.05, 4.69) is 5.32 Å². The summed E-state index contributed by atoms with van der Waals surface area (Å²) in [5.41, 5.74) is 1.32. The molecule has 0 bridgehead atoms. The fourth-order valence-electron chi connectivity index (χ4n) is 5.16. The van der Waals surface area contributed by atoms with Crippen LogP contribution in [0.1, 0.15) is 145 Å². The van der Waals surface area contributed by atoms with E-state index in [-0.39, 0.29) is 37.7 Å². The van der Waals surface area contributed by atoms with Crippen molar-refractivity contribution in [3.8, 4) is 0 Å². The molecule has 0 spiro atoms. The van der Waals surface area contributed by atoms with Crippen LogP contribution in [0.3, 0.4) is 0 Å². The Morgan fingerprint density at radius 1 is 0.644 bits per heavy atom. The lowest BCUT2D eigenvalue weighted by Gasteiger charge is -2.22. The number of amides is 2. The molecule has 0 aliphatic carbocycles. The number of benzene rings is 1. The maximum absolute atomic E-state index is 12.9. The number of nitrogens with one attached hydrogen (secondary N) is 1. The van der Waals surface area contributed by atoms with Gasteiger partial charge in [-0.1, -0.05) is 96.1 Å². The number of hydrogen-bond donors (Lipinski definition) is 4. The second-order valence-electron chi connectivity index (χ2n) is 12.1. The zero-order valence-electron chi connectivity index (χ0n) is 27.3. The molecule has 45 heavy (non-hydrogen) atoms. The van der Waals surface area contributed by atoms with E-state index in [1.807, 2.05) is 0 Å². The van der Waals surface area contributed by atoms with Crippen molar-refractivity contribution in [1.82, 2.24) is 10.2 Å². The van der Waals surface area contributed by atoms with Gasteiger partial charge in [-0.3, -0.25) is 24.0 Å². The van der Waals surface area contributed by atoms with Crippen LogP contribution in [0.25, 0.3) is 0 Å². The third kappa shape index (κ3) is 21.0.